The van der Waals surface area contributed by atoms with E-state index >= 15 is 0 Å². The molecule has 1 saturated heterocycles. The Labute approximate surface area is 121 Å². The van der Waals surface area contributed by atoms with Crippen molar-refractivity contribution in [2.75, 3.05) is 13.6 Å². The second-order valence-corrected chi connectivity index (χ2v) is 6.79. The fourth-order valence-corrected chi connectivity index (χ4v) is 4.60. The van der Waals surface area contributed by atoms with Crippen molar-refractivity contribution in [2.45, 2.75) is 30.8 Å². The monoisotopic (exact) mass is 319 g/mol. The molecule has 1 fully saturated rings. The molecule has 0 radical (unpaired) electrons. The maximum Gasteiger partial charge on any atom is 0.0864 e. The number of hydrogen-bond donors (Lipinski definition) is 2. The summed E-state index contributed by atoms with van der Waals surface area (Å²) in [5.74, 6) is 0.577. The summed E-state index contributed by atoms with van der Waals surface area (Å²) in [4.78, 5) is 5.91. The summed E-state index contributed by atoms with van der Waals surface area (Å²) in [7, 11) is 2.21. The zero-order valence-electron chi connectivity index (χ0n) is 11.0. The smallest absolute Gasteiger partial charge is 0.0864 e. The number of aromatic amines is 1. The Balaban J connectivity index is 1.95. The molecular weight excluding hydrogens is 302 g/mol. The lowest BCUT2D eigenvalue weighted by Gasteiger charge is -2.44. The Kier molecular flexibility index (Phi) is 2.56. The number of fused-ring (bicyclic) bond motifs is 2. The Bertz CT molecular complexity index is 648. The number of hydrogen-bond acceptors (Lipinski definition) is 2. The zero-order chi connectivity index (χ0) is 13.1. The van der Waals surface area contributed by atoms with Crippen LogP contribution in [0.5, 0.6) is 0 Å². The van der Waals surface area contributed by atoms with Gasteiger partial charge in [0.15, 0.2) is 0 Å². The first kappa shape index (κ1) is 11.9. The van der Waals surface area contributed by atoms with Crippen molar-refractivity contribution in [3.05, 3.63) is 33.9 Å². The first-order valence-electron chi connectivity index (χ1n) is 6.90. The van der Waals surface area contributed by atoms with E-state index in [9.17, 15) is 0 Å². The number of halogens is 1. The first-order chi connectivity index (χ1) is 9.15. The quantitative estimate of drug-likeness (QED) is 0.784. The number of nitrogens with two attached hydrogens (primary N) is 1. The van der Waals surface area contributed by atoms with Gasteiger partial charge in [-0.1, -0.05) is 12.1 Å². The molecule has 0 amide bonds. The molecule has 3 atom stereocenters. The van der Waals surface area contributed by atoms with Gasteiger partial charge in [0.1, 0.15) is 0 Å². The van der Waals surface area contributed by atoms with E-state index in [1.807, 2.05) is 0 Å². The van der Waals surface area contributed by atoms with Crippen LogP contribution in [0.15, 0.2) is 22.8 Å². The van der Waals surface area contributed by atoms with Crippen LogP contribution in [-0.4, -0.2) is 35.6 Å². The number of nitrogens with one attached hydrogen (secondary N) is 1. The molecule has 2 aliphatic rings. The van der Waals surface area contributed by atoms with Crippen molar-refractivity contribution in [1.29, 1.82) is 0 Å². The SMILES string of the molecule is CN1C[C@@H](N)C[C@@H]2c3cccc4[nH]c(Br)c(c34)C[C@H]21. The van der Waals surface area contributed by atoms with E-state index in [2.05, 4.69) is 51.1 Å². The maximum atomic E-state index is 6.23. The highest BCUT2D eigenvalue weighted by molar-refractivity contribution is 9.10. The van der Waals surface area contributed by atoms with Gasteiger partial charge in [-0.3, -0.25) is 0 Å². The largest absolute Gasteiger partial charge is 0.349 e. The molecule has 100 valence electrons. The fraction of sp³-hybridized carbons (Fsp3) is 0.467. The van der Waals surface area contributed by atoms with Crippen molar-refractivity contribution in [1.82, 2.24) is 9.88 Å². The van der Waals surface area contributed by atoms with Gasteiger partial charge in [-0.15, -0.1) is 0 Å². The standard InChI is InChI=1S/C15H18BrN3/c1-19-7-8(17)5-10-9-3-2-4-12-14(9)11(6-13(10)19)15(16)18-12/h2-4,8,10,13,18H,5-7,17H2,1H3/t8-,10+,13+/m0/s1. The Hall–Kier alpha value is -0.840. The first-order valence-corrected chi connectivity index (χ1v) is 7.69. The van der Waals surface area contributed by atoms with Crippen molar-refractivity contribution in [2.24, 2.45) is 5.73 Å². The summed E-state index contributed by atoms with van der Waals surface area (Å²) in [6, 6.07) is 7.50. The van der Waals surface area contributed by atoms with Crippen LogP contribution in [0, 0.1) is 0 Å². The normalized spacial score (nSPS) is 30.6. The van der Waals surface area contributed by atoms with Gasteiger partial charge in [0, 0.05) is 35.4 Å². The van der Waals surface area contributed by atoms with E-state index in [1.165, 1.54) is 22.0 Å². The lowest BCUT2D eigenvalue weighted by molar-refractivity contribution is 0.141. The van der Waals surface area contributed by atoms with Gasteiger partial charge in [0.05, 0.1) is 4.60 Å². The van der Waals surface area contributed by atoms with Gasteiger partial charge in [-0.2, -0.15) is 0 Å². The number of H-pyrrole nitrogens is 1. The minimum atomic E-state index is 0.297. The Morgan fingerprint density at radius 1 is 1.42 bits per heavy atom. The van der Waals surface area contributed by atoms with Gasteiger partial charge in [0.25, 0.3) is 0 Å². The number of nitrogens with zero attached hydrogens (tertiary/aromatic N) is 1. The van der Waals surface area contributed by atoms with Crippen LogP contribution in [0.4, 0.5) is 0 Å². The third-order valence-electron chi connectivity index (χ3n) is 4.83. The third-order valence-corrected chi connectivity index (χ3v) is 5.51. The number of benzene rings is 1. The molecular formula is C15H18BrN3. The molecule has 3 N–H and O–H groups in total. The van der Waals surface area contributed by atoms with Gasteiger partial charge in [-0.25, -0.2) is 0 Å². The van der Waals surface area contributed by atoms with Crippen LogP contribution in [0.3, 0.4) is 0 Å². The van der Waals surface area contributed by atoms with Crippen LogP contribution >= 0.6 is 15.9 Å². The van der Waals surface area contributed by atoms with Crippen molar-refractivity contribution in [3.8, 4) is 0 Å². The molecule has 1 aliphatic carbocycles. The molecule has 0 unspecified atom stereocenters. The van der Waals surface area contributed by atoms with Gasteiger partial charge < -0.3 is 15.6 Å². The molecule has 1 aliphatic heterocycles. The van der Waals surface area contributed by atoms with E-state index in [0.717, 1.165) is 24.0 Å². The van der Waals surface area contributed by atoms with Gasteiger partial charge in [-0.05, 0) is 53.0 Å². The summed E-state index contributed by atoms with van der Waals surface area (Å²) in [6.45, 7) is 1.01. The van der Waals surface area contributed by atoms with Crippen LogP contribution < -0.4 is 5.73 Å². The highest BCUT2D eigenvalue weighted by Gasteiger charge is 2.39. The van der Waals surface area contributed by atoms with Crippen LogP contribution in [0.1, 0.15) is 23.5 Å². The van der Waals surface area contributed by atoms with Crippen molar-refractivity contribution >= 4 is 26.8 Å². The van der Waals surface area contributed by atoms with E-state index < -0.39 is 0 Å². The number of likely N-dealkylation sites (tertiary alicyclic amines) is 1. The van der Waals surface area contributed by atoms with E-state index in [1.54, 1.807) is 0 Å². The molecule has 4 heteroatoms. The molecule has 0 bridgehead atoms. The summed E-state index contributed by atoms with van der Waals surface area (Å²) in [5.41, 5.74) is 10.4. The van der Waals surface area contributed by atoms with Gasteiger partial charge in [0.2, 0.25) is 0 Å². The van der Waals surface area contributed by atoms with Gasteiger partial charge >= 0.3 is 0 Å². The van der Waals surface area contributed by atoms with E-state index in [-0.39, 0.29) is 0 Å². The second kappa shape index (κ2) is 4.08. The average Bonchev–Trinajstić information content (AvgIpc) is 2.69. The molecule has 3 nitrogen and oxygen atoms in total. The molecule has 1 aromatic heterocycles. The highest BCUT2D eigenvalue weighted by atomic mass is 79.9. The molecule has 0 saturated carbocycles. The summed E-state index contributed by atoms with van der Waals surface area (Å²) >= 11 is 3.69. The minimum Gasteiger partial charge on any atom is -0.349 e. The highest BCUT2D eigenvalue weighted by Crippen LogP contribution is 2.44. The van der Waals surface area contributed by atoms with Crippen molar-refractivity contribution < 1.29 is 0 Å². The summed E-state index contributed by atoms with van der Waals surface area (Å²) in [5, 5.41) is 1.43. The molecule has 1 aromatic carbocycles. The molecule has 4 rings (SSSR count). The lowest BCUT2D eigenvalue weighted by atomic mass is 9.74. The molecule has 19 heavy (non-hydrogen) atoms. The lowest BCUT2D eigenvalue weighted by Crippen LogP contribution is -2.52. The predicted molar refractivity (Wildman–Crippen MR) is 81.5 cm³/mol. The zero-order valence-corrected chi connectivity index (χ0v) is 12.6. The fourth-order valence-electron chi connectivity index (χ4n) is 4.03. The van der Waals surface area contributed by atoms with Crippen LogP contribution in [0.2, 0.25) is 0 Å². The summed E-state index contributed by atoms with van der Waals surface area (Å²) < 4.78 is 1.15. The van der Waals surface area contributed by atoms with Crippen LogP contribution in [0.25, 0.3) is 10.9 Å². The third kappa shape index (κ3) is 1.63. The molecule has 0 spiro atoms. The topological polar surface area (TPSA) is 45.0 Å². The van der Waals surface area contributed by atoms with E-state index in [0.29, 0.717) is 18.0 Å². The van der Waals surface area contributed by atoms with Crippen molar-refractivity contribution in [3.63, 3.8) is 0 Å². The molecule has 2 aromatic rings. The average molecular weight is 320 g/mol. The minimum absolute atomic E-state index is 0.297. The van der Waals surface area contributed by atoms with Crippen LogP contribution in [-0.2, 0) is 6.42 Å². The number of piperidine rings is 1. The number of aromatic nitrogens is 1. The number of rotatable bonds is 0. The Morgan fingerprint density at radius 2 is 2.26 bits per heavy atom. The molecule has 2 heterocycles. The predicted octanol–water partition coefficient (Wildman–Crippen LogP) is 2.60. The Morgan fingerprint density at radius 3 is 3.11 bits per heavy atom. The maximum absolute atomic E-state index is 6.23. The van der Waals surface area contributed by atoms with E-state index in [4.69, 9.17) is 5.73 Å². The number of likely N-dealkylation sites (N-methyl/N-ethyl adjacent to an activating group) is 1. The summed E-state index contributed by atoms with van der Waals surface area (Å²) in [6.07, 6.45) is 2.22. The second-order valence-electron chi connectivity index (χ2n) is 6.00.